The topological polar surface area (TPSA) is 65.4 Å². The van der Waals surface area contributed by atoms with E-state index in [2.05, 4.69) is 28.2 Å². The number of nitrogens with zero attached hydrogens (tertiary/aromatic N) is 3. The number of nitrogens with one attached hydrogen (secondary N) is 1. The van der Waals surface area contributed by atoms with Gasteiger partial charge in [0.25, 0.3) is 0 Å². The lowest BCUT2D eigenvalue weighted by Gasteiger charge is -2.23. The van der Waals surface area contributed by atoms with Gasteiger partial charge in [-0.05, 0) is 18.8 Å². The summed E-state index contributed by atoms with van der Waals surface area (Å²) in [6, 6.07) is 2.07. The van der Waals surface area contributed by atoms with Crippen LogP contribution in [0, 0.1) is 17.2 Å². The molecule has 2 rings (SSSR count). The van der Waals surface area contributed by atoms with Crippen molar-refractivity contribution in [3.63, 3.8) is 0 Å². The summed E-state index contributed by atoms with van der Waals surface area (Å²) in [4.78, 5) is 4.36. The molecule has 0 radical (unpaired) electrons. The molecular formula is C11H16N4. The number of aromatic nitrogens is 3. The number of nitriles is 1. The summed E-state index contributed by atoms with van der Waals surface area (Å²) in [5.74, 6) is 2.96. The van der Waals surface area contributed by atoms with Crippen LogP contribution in [0.3, 0.4) is 0 Å². The van der Waals surface area contributed by atoms with E-state index < -0.39 is 0 Å². The smallest absolute Gasteiger partial charge is 0.153 e. The Morgan fingerprint density at radius 3 is 2.80 bits per heavy atom. The van der Waals surface area contributed by atoms with Crippen LogP contribution in [-0.2, 0) is 6.42 Å². The fraction of sp³-hybridized carbons (Fsp3) is 0.727. The van der Waals surface area contributed by atoms with Gasteiger partial charge in [-0.3, -0.25) is 5.10 Å². The Morgan fingerprint density at radius 1 is 1.40 bits per heavy atom. The Bertz CT molecular complexity index is 355. The van der Waals surface area contributed by atoms with Crippen LogP contribution in [0.1, 0.15) is 50.2 Å². The van der Waals surface area contributed by atoms with Crippen molar-refractivity contribution < 1.29 is 0 Å². The van der Waals surface area contributed by atoms with Crippen LogP contribution in [-0.4, -0.2) is 15.2 Å². The van der Waals surface area contributed by atoms with E-state index in [0.717, 1.165) is 11.7 Å². The zero-order valence-electron chi connectivity index (χ0n) is 9.03. The van der Waals surface area contributed by atoms with Crippen LogP contribution in [0.2, 0.25) is 0 Å². The SMILES string of the molecule is CC1CCC(c2n[nH]c(CC#N)n2)CC1. The molecule has 0 amide bonds. The van der Waals surface area contributed by atoms with E-state index in [4.69, 9.17) is 5.26 Å². The summed E-state index contributed by atoms with van der Waals surface area (Å²) < 4.78 is 0. The van der Waals surface area contributed by atoms with Gasteiger partial charge in [0, 0.05) is 5.92 Å². The van der Waals surface area contributed by atoms with E-state index >= 15 is 0 Å². The maximum atomic E-state index is 8.54. The summed E-state index contributed by atoms with van der Waals surface area (Å²) in [6.07, 6.45) is 5.24. The van der Waals surface area contributed by atoms with Gasteiger partial charge in [0.1, 0.15) is 5.82 Å². The maximum absolute atomic E-state index is 8.54. The van der Waals surface area contributed by atoms with Gasteiger partial charge >= 0.3 is 0 Å². The fourth-order valence-corrected chi connectivity index (χ4v) is 2.16. The third kappa shape index (κ3) is 2.35. The van der Waals surface area contributed by atoms with Crippen LogP contribution >= 0.6 is 0 Å². The average Bonchev–Trinajstić information content (AvgIpc) is 2.68. The van der Waals surface area contributed by atoms with Gasteiger partial charge in [0.05, 0.1) is 12.5 Å². The average molecular weight is 204 g/mol. The first-order valence-corrected chi connectivity index (χ1v) is 5.57. The second-order valence-corrected chi connectivity index (χ2v) is 4.43. The highest BCUT2D eigenvalue weighted by molar-refractivity contribution is 5.02. The molecular weight excluding hydrogens is 188 g/mol. The Morgan fingerprint density at radius 2 is 2.13 bits per heavy atom. The molecule has 1 N–H and O–H groups in total. The van der Waals surface area contributed by atoms with Crippen molar-refractivity contribution in [1.29, 1.82) is 5.26 Å². The van der Waals surface area contributed by atoms with Crippen molar-refractivity contribution in [2.24, 2.45) is 5.92 Å². The van der Waals surface area contributed by atoms with Crippen molar-refractivity contribution in [2.75, 3.05) is 0 Å². The molecule has 15 heavy (non-hydrogen) atoms. The lowest BCUT2D eigenvalue weighted by molar-refractivity contribution is 0.340. The van der Waals surface area contributed by atoms with Crippen LogP contribution in [0.5, 0.6) is 0 Å². The first-order valence-electron chi connectivity index (χ1n) is 5.57. The van der Waals surface area contributed by atoms with Crippen LogP contribution in [0.25, 0.3) is 0 Å². The monoisotopic (exact) mass is 204 g/mol. The molecule has 1 fully saturated rings. The summed E-state index contributed by atoms with van der Waals surface area (Å²) >= 11 is 0. The minimum atomic E-state index is 0.329. The van der Waals surface area contributed by atoms with E-state index in [1.54, 1.807) is 0 Å². The molecule has 0 bridgehead atoms. The van der Waals surface area contributed by atoms with Crippen molar-refractivity contribution in [2.45, 2.75) is 44.9 Å². The first kappa shape index (κ1) is 10.2. The second-order valence-electron chi connectivity index (χ2n) is 4.43. The number of aromatic amines is 1. The summed E-state index contributed by atoms with van der Waals surface area (Å²) in [5.41, 5.74) is 0. The van der Waals surface area contributed by atoms with E-state index in [-0.39, 0.29) is 0 Å². The maximum Gasteiger partial charge on any atom is 0.153 e. The van der Waals surface area contributed by atoms with Crippen molar-refractivity contribution >= 4 is 0 Å². The highest BCUT2D eigenvalue weighted by atomic mass is 15.2. The van der Waals surface area contributed by atoms with Crippen LogP contribution in [0.4, 0.5) is 0 Å². The molecule has 1 aliphatic rings. The largest absolute Gasteiger partial charge is 0.262 e. The van der Waals surface area contributed by atoms with E-state index in [1.165, 1.54) is 25.7 Å². The molecule has 4 nitrogen and oxygen atoms in total. The Hall–Kier alpha value is -1.37. The lowest BCUT2D eigenvalue weighted by Crippen LogP contribution is -2.12. The molecule has 4 heteroatoms. The molecule has 0 aliphatic heterocycles. The van der Waals surface area contributed by atoms with Crippen LogP contribution in [0.15, 0.2) is 0 Å². The minimum Gasteiger partial charge on any atom is -0.262 e. The van der Waals surface area contributed by atoms with Crippen LogP contribution < -0.4 is 0 Å². The fourth-order valence-electron chi connectivity index (χ4n) is 2.16. The Kier molecular flexibility index (Phi) is 3.00. The van der Waals surface area contributed by atoms with Crippen molar-refractivity contribution in [1.82, 2.24) is 15.2 Å². The van der Waals surface area contributed by atoms with Gasteiger partial charge in [0.15, 0.2) is 5.82 Å². The van der Waals surface area contributed by atoms with Gasteiger partial charge in [-0.1, -0.05) is 19.8 Å². The van der Waals surface area contributed by atoms with Gasteiger partial charge in [-0.15, -0.1) is 0 Å². The molecule has 80 valence electrons. The standard InChI is InChI=1S/C11H16N4/c1-8-2-4-9(5-3-8)11-13-10(6-7-12)14-15-11/h8-9H,2-6H2,1H3,(H,13,14,15). The van der Waals surface area contributed by atoms with Crippen molar-refractivity contribution in [3.8, 4) is 6.07 Å². The predicted octanol–water partition coefficient (Wildman–Crippen LogP) is 2.16. The molecule has 0 unspecified atom stereocenters. The normalized spacial score (nSPS) is 26.1. The summed E-state index contributed by atoms with van der Waals surface area (Å²) in [6.45, 7) is 2.30. The first-order chi connectivity index (χ1) is 7.29. The molecule has 0 atom stereocenters. The quantitative estimate of drug-likeness (QED) is 0.802. The summed E-state index contributed by atoms with van der Waals surface area (Å²) in [5, 5.41) is 15.6. The number of H-pyrrole nitrogens is 1. The van der Waals surface area contributed by atoms with Crippen molar-refractivity contribution in [3.05, 3.63) is 11.6 Å². The highest BCUT2D eigenvalue weighted by Crippen LogP contribution is 2.33. The Balaban J connectivity index is 2.00. The van der Waals surface area contributed by atoms with E-state index in [9.17, 15) is 0 Å². The second kappa shape index (κ2) is 4.43. The minimum absolute atomic E-state index is 0.329. The predicted molar refractivity (Wildman–Crippen MR) is 56.1 cm³/mol. The number of hydrogen-bond donors (Lipinski definition) is 1. The Labute approximate surface area is 89.7 Å². The third-order valence-electron chi connectivity index (χ3n) is 3.18. The third-order valence-corrected chi connectivity index (χ3v) is 3.18. The number of hydrogen-bond acceptors (Lipinski definition) is 3. The molecule has 1 aromatic rings. The van der Waals surface area contributed by atoms with Gasteiger partial charge in [-0.25, -0.2) is 4.98 Å². The van der Waals surface area contributed by atoms with E-state index in [1.807, 2.05) is 0 Å². The zero-order chi connectivity index (χ0) is 10.7. The molecule has 1 aliphatic carbocycles. The number of rotatable bonds is 2. The van der Waals surface area contributed by atoms with E-state index in [0.29, 0.717) is 18.2 Å². The zero-order valence-corrected chi connectivity index (χ0v) is 9.03. The molecule has 1 heterocycles. The molecule has 1 aromatic heterocycles. The molecule has 0 spiro atoms. The molecule has 1 saturated carbocycles. The van der Waals surface area contributed by atoms with Gasteiger partial charge < -0.3 is 0 Å². The highest BCUT2D eigenvalue weighted by Gasteiger charge is 2.22. The van der Waals surface area contributed by atoms with Gasteiger partial charge in [-0.2, -0.15) is 10.4 Å². The van der Waals surface area contributed by atoms with Gasteiger partial charge in [0.2, 0.25) is 0 Å². The lowest BCUT2D eigenvalue weighted by atomic mass is 9.83. The molecule has 0 saturated heterocycles. The summed E-state index contributed by atoms with van der Waals surface area (Å²) in [7, 11) is 0. The molecule has 0 aromatic carbocycles.